The third-order valence-electron chi connectivity index (χ3n) is 3.13. The highest BCUT2D eigenvalue weighted by Crippen LogP contribution is 2.13. The molecule has 1 rings (SSSR count). The van der Waals surface area contributed by atoms with Gasteiger partial charge in [0.1, 0.15) is 5.82 Å². The van der Waals surface area contributed by atoms with Gasteiger partial charge in [0.15, 0.2) is 0 Å². The summed E-state index contributed by atoms with van der Waals surface area (Å²) in [5, 5.41) is 3.43. The molecule has 1 heterocycles. The van der Waals surface area contributed by atoms with Crippen LogP contribution in [-0.4, -0.2) is 42.1 Å². The summed E-state index contributed by atoms with van der Waals surface area (Å²) in [6.45, 7) is 9.38. The van der Waals surface area contributed by atoms with Gasteiger partial charge in [-0.25, -0.2) is 9.97 Å². The van der Waals surface area contributed by atoms with Crippen LogP contribution >= 0.6 is 0 Å². The Morgan fingerprint density at radius 1 is 1.05 bits per heavy atom. The first-order valence-corrected chi connectivity index (χ1v) is 7.23. The van der Waals surface area contributed by atoms with Crippen LogP contribution in [0.1, 0.15) is 42.5 Å². The quantitative estimate of drug-likeness (QED) is 0.730. The zero-order valence-corrected chi connectivity index (χ0v) is 13.1. The van der Waals surface area contributed by atoms with E-state index in [0.29, 0.717) is 0 Å². The SMILES string of the molecule is CCCNCCCc1c(C)nc(CN(C)C)nc1C. The zero-order valence-electron chi connectivity index (χ0n) is 13.1. The van der Waals surface area contributed by atoms with Crippen LogP contribution in [0.4, 0.5) is 0 Å². The van der Waals surface area contributed by atoms with E-state index >= 15 is 0 Å². The second-order valence-corrected chi connectivity index (χ2v) is 5.38. The number of nitrogens with one attached hydrogen (secondary N) is 1. The third kappa shape index (κ3) is 5.66. The zero-order chi connectivity index (χ0) is 14.3. The molecule has 0 atom stereocenters. The number of nitrogens with zero attached hydrogens (tertiary/aromatic N) is 3. The maximum absolute atomic E-state index is 4.62. The summed E-state index contributed by atoms with van der Waals surface area (Å²) in [5.41, 5.74) is 3.60. The van der Waals surface area contributed by atoms with Crippen LogP contribution in [0.25, 0.3) is 0 Å². The van der Waals surface area contributed by atoms with Gasteiger partial charge >= 0.3 is 0 Å². The van der Waals surface area contributed by atoms with Crippen molar-refractivity contribution in [1.29, 1.82) is 0 Å². The molecule has 0 bridgehead atoms. The highest BCUT2D eigenvalue weighted by Gasteiger charge is 2.08. The molecule has 0 saturated heterocycles. The molecular formula is C15H28N4. The van der Waals surface area contributed by atoms with Crippen LogP contribution in [0.5, 0.6) is 0 Å². The minimum atomic E-state index is 0.806. The van der Waals surface area contributed by atoms with E-state index in [1.165, 1.54) is 12.0 Å². The number of aromatic nitrogens is 2. The third-order valence-corrected chi connectivity index (χ3v) is 3.13. The molecule has 1 aromatic heterocycles. The largest absolute Gasteiger partial charge is 0.317 e. The smallest absolute Gasteiger partial charge is 0.142 e. The molecule has 4 nitrogen and oxygen atoms in total. The Morgan fingerprint density at radius 2 is 1.68 bits per heavy atom. The van der Waals surface area contributed by atoms with E-state index in [9.17, 15) is 0 Å². The second-order valence-electron chi connectivity index (χ2n) is 5.38. The Bertz CT molecular complexity index is 365. The molecule has 4 heteroatoms. The van der Waals surface area contributed by atoms with Crippen molar-refractivity contribution in [3.05, 3.63) is 22.8 Å². The van der Waals surface area contributed by atoms with Crippen LogP contribution in [0.3, 0.4) is 0 Å². The van der Waals surface area contributed by atoms with Gasteiger partial charge in [-0.1, -0.05) is 6.92 Å². The molecule has 108 valence electrons. The molecule has 0 aliphatic heterocycles. The molecule has 0 aromatic carbocycles. The standard InChI is InChI=1S/C15H28N4/c1-6-9-16-10-7-8-14-12(2)17-15(11-19(4)5)18-13(14)3/h16H,6-11H2,1-5H3. The van der Waals surface area contributed by atoms with Gasteiger partial charge in [0, 0.05) is 11.4 Å². The average molecular weight is 264 g/mol. The summed E-state index contributed by atoms with van der Waals surface area (Å²) < 4.78 is 0. The molecule has 0 aliphatic carbocycles. The number of aryl methyl sites for hydroxylation is 2. The Kier molecular flexibility index (Phi) is 6.95. The Balaban J connectivity index is 2.59. The lowest BCUT2D eigenvalue weighted by Gasteiger charge is -2.13. The van der Waals surface area contributed by atoms with E-state index in [2.05, 4.69) is 41.0 Å². The summed E-state index contributed by atoms with van der Waals surface area (Å²) in [7, 11) is 4.09. The molecule has 0 fully saturated rings. The lowest BCUT2D eigenvalue weighted by atomic mass is 10.1. The maximum atomic E-state index is 4.62. The van der Waals surface area contributed by atoms with Gasteiger partial charge in [0.05, 0.1) is 6.54 Å². The first kappa shape index (κ1) is 16.1. The molecular weight excluding hydrogens is 236 g/mol. The fourth-order valence-electron chi connectivity index (χ4n) is 2.22. The minimum Gasteiger partial charge on any atom is -0.317 e. The molecule has 0 spiro atoms. The average Bonchev–Trinajstić information content (AvgIpc) is 2.31. The molecule has 0 saturated carbocycles. The fourth-order valence-corrected chi connectivity index (χ4v) is 2.22. The Labute approximate surface area is 117 Å². The van der Waals surface area contributed by atoms with E-state index in [-0.39, 0.29) is 0 Å². The van der Waals surface area contributed by atoms with E-state index in [4.69, 9.17) is 0 Å². The second kappa shape index (κ2) is 8.23. The fraction of sp³-hybridized carbons (Fsp3) is 0.733. The number of hydrogen-bond donors (Lipinski definition) is 1. The predicted molar refractivity (Wildman–Crippen MR) is 80.4 cm³/mol. The topological polar surface area (TPSA) is 41.1 Å². The van der Waals surface area contributed by atoms with Crippen LogP contribution in [0, 0.1) is 13.8 Å². The lowest BCUT2D eigenvalue weighted by Crippen LogP contribution is -2.18. The monoisotopic (exact) mass is 264 g/mol. The van der Waals surface area contributed by atoms with Crippen LogP contribution in [-0.2, 0) is 13.0 Å². The van der Waals surface area contributed by atoms with Crippen molar-refractivity contribution in [3.8, 4) is 0 Å². The van der Waals surface area contributed by atoms with Crippen LogP contribution in [0.2, 0.25) is 0 Å². The normalized spacial score (nSPS) is 11.3. The highest BCUT2D eigenvalue weighted by molar-refractivity contribution is 5.24. The van der Waals surface area contributed by atoms with Gasteiger partial charge in [-0.3, -0.25) is 0 Å². The number of hydrogen-bond acceptors (Lipinski definition) is 4. The van der Waals surface area contributed by atoms with Crippen molar-refractivity contribution in [3.63, 3.8) is 0 Å². The van der Waals surface area contributed by atoms with Gasteiger partial charge in [-0.15, -0.1) is 0 Å². The molecule has 0 unspecified atom stereocenters. The minimum absolute atomic E-state index is 0.806. The molecule has 0 radical (unpaired) electrons. The van der Waals surface area contributed by atoms with Crippen molar-refractivity contribution in [2.45, 2.75) is 46.6 Å². The van der Waals surface area contributed by atoms with Crippen molar-refractivity contribution in [2.24, 2.45) is 0 Å². The van der Waals surface area contributed by atoms with E-state index in [0.717, 1.165) is 49.7 Å². The van der Waals surface area contributed by atoms with Gasteiger partial charge in [-0.05, 0) is 65.9 Å². The Morgan fingerprint density at radius 3 is 2.21 bits per heavy atom. The Hall–Kier alpha value is -1.00. The molecule has 0 aliphatic rings. The summed E-state index contributed by atoms with van der Waals surface area (Å²) in [6, 6.07) is 0. The van der Waals surface area contributed by atoms with Crippen molar-refractivity contribution < 1.29 is 0 Å². The molecule has 1 N–H and O–H groups in total. The van der Waals surface area contributed by atoms with Gasteiger partial charge in [-0.2, -0.15) is 0 Å². The summed E-state index contributed by atoms with van der Waals surface area (Å²) in [4.78, 5) is 11.3. The number of rotatable bonds is 8. The lowest BCUT2D eigenvalue weighted by molar-refractivity contribution is 0.389. The molecule has 19 heavy (non-hydrogen) atoms. The van der Waals surface area contributed by atoms with E-state index in [1.807, 2.05) is 14.1 Å². The van der Waals surface area contributed by atoms with E-state index in [1.54, 1.807) is 0 Å². The van der Waals surface area contributed by atoms with Crippen molar-refractivity contribution >= 4 is 0 Å². The van der Waals surface area contributed by atoms with Crippen molar-refractivity contribution in [1.82, 2.24) is 20.2 Å². The first-order chi connectivity index (χ1) is 9.04. The van der Waals surface area contributed by atoms with Crippen LogP contribution < -0.4 is 5.32 Å². The first-order valence-electron chi connectivity index (χ1n) is 7.23. The predicted octanol–water partition coefficient (Wildman–Crippen LogP) is 2.09. The van der Waals surface area contributed by atoms with Gasteiger partial charge < -0.3 is 10.2 Å². The van der Waals surface area contributed by atoms with Gasteiger partial charge in [0.2, 0.25) is 0 Å². The highest BCUT2D eigenvalue weighted by atomic mass is 15.1. The van der Waals surface area contributed by atoms with E-state index < -0.39 is 0 Å². The van der Waals surface area contributed by atoms with Crippen molar-refractivity contribution in [2.75, 3.05) is 27.2 Å². The van der Waals surface area contributed by atoms with Gasteiger partial charge in [0.25, 0.3) is 0 Å². The summed E-state index contributed by atoms with van der Waals surface area (Å²) in [6.07, 6.45) is 3.41. The molecule has 0 amide bonds. The van der Waals surface area contributed by atoms with Crippen LogP contribution in [0.15, 0.2) is 0 Å². The summed E-state index contributed by atoms with van der Waals surface area (Å²) >= 11 is 0. The maximum Gasteiger partial charge on any atom is 0.142 e. The molecule has 1 aromatic rings. The summed E-state index contributed by atoms with van der Waals surface area (Å²) in [5.74, 6) is 0.924.